The number of amides is 5. The highest BCUT2D eigenvalue weighted by atomic mass is 16.5. The van der Waals surface area contributed by atoms with Gasteiger partial charge in [0.15, 0.2) is 0 Å². The third-order valence-electron chi connectivity index (χ3n) is 12.5. The Bertz CT molecular complexity index is 2140. The minimum atomic E-state index is -1.16. The zero-order valence-electron chi connectivity index (χ0n) is 40.7. The molecule has 0 aliphatic rings. The average Bonchev–Trinajstić information content (AvgIpc) is 3.35. The maximum Gasteiger partial charge on any atom is 0.326 e. The summed E-state index contributed by atoms with van der Waals surface area (Å²) in [7, 11) is 0. The van der Waals surface area contributed by atoms with Crippen LogP contribution in [0.1, 0.15) is 132 Å². The first kappa shape index (κ1) is 55.1. The lowest BCUT2D eigenvalue weighted by Gasteiger charge is -2.26. The van der Waals surface area contributed by atoms with Crippen LogP contribution in [0.25, 0.3) is 0 Å². The molecule has 0 fully saturated rings. The van der Waals surface area contributed by atoms with Crippen LogP contribution in [0.2, 0.25) is 0 Å². The molecule has 13 nitrogen and oxygen atoms in total. The van der Waals surface area contributed by atoms with E-state index in [9.17, 15) is 33.9 Å². The summed E-state index contributed by atoms with van der Waals surface area (Å²) in [4.78, 5) is 77.3. The van der Waals surface area contributed by atoms with Crippen molar-refractivity contribution in [2.75, 3.05) is 0 Å². The van der Waals surface area contributed by atoms with Crippen molar-refractivity contribution >= 4 is 35.5 Å². The summed E-state index contributed by atoms with van der Waals surface area (Å²) in [5.74, 6) is -2.59. The highest BCUT2D eigenvalue weighted by molar-refractivity contribution is 5.92. The number of benzene rings is 4. The number of carboxylic acids is 1. The van der Waals surface area contributed by atoms with Crippen LogP contribution in [0, 0.1) is 5.92 Å². The van der Waals surface area contributed by atoms with Crippen LogP contribution >= 0.6 is 0 Å². The van der Waals surface area contributed by atoms with Crippen LogP contribution in [0.15, 0.2) is 115 Å². The second kappa shape index (κ2) is 31.5. The number of rotatable bonds is 34. The van der Waals surface area contributed by atoms with E-state index in [1.807, 2.05) is 129 Å². The van der Waals surface area contributed by atoms with Crippen LogP contribution in [0.4, 0.5) is 0 Å². The van der Waals surface area contributed by atoms with Crippen molar-refractivity contribution in [1.29, 1.82) is 0 Å². The van der Waals surface area contributed by atoms with Gasteiger partial charge in [-0.3, -0.25) is 24.0 Å². The maximum absolute atomic E-state index is 13.6. The molecular formula is C56H75N5O8. The second-order valence-corrected chi connectivity index (χ2v) is 18.2. The van der Waals surface area contributed by atoms with Crippen molar-refractivity contribution in [3.8, 4) is 5.75 Å². The summed E-state index contributed by atoms with van der Waals surface area (Å²) in [6.45, 7) is 4.28. The van der Waals surface area contributed by atoms with Crippen molar-refractivity contribution in [2.24, 2.45) is 11.7 Å². The predicted molar refractivity (Wildman–Crippen MR) is 270 cm³/mol. The first-order valence-corrected chi connectivity index (χ1v) is 25.0. The van der Waals surface area contributed by atoms with E-state index in [0.29, 0.717) is 31.6 Å². The van der Waals surface area contributed by atoms with Gasteiger partial charge in [-0.05, 0) is 53.1 Å². The topological polar surface area (TPSA) is 206 Å². The number of hydrogen-bond donors (Lipinski definition) is 6. The molecule has 69 heavy (non-hydrogen) atoms. The molecule has 5 atom stereocenters. The van der Waals surface area contributed by atoms with Gasteiger partial charge in [-0.1, -0.05) is 188 Å². The molecular weight excluding hydrogens is 871 g/mol. The SMILES string of the molecule is CCC(C)[C@H](NC(=O)CCCCCCCCCCCCCCC(=O)N[C@@H](Cc1ccc(OCc2ccccc2)cc1)C(=O)N[C@@H](Cc1ccccc1)C(=O)O)C(=O)N[C@@H](Cc1ccccc1)C(N)=O. The number of unbranched alkanes of at least 4 members (excludes halogenated alkanes) is 11. The lowest BCUT2D eigenvalue weighted by atomic mass is 9.97. The minimum Gasteiger partial charge on any atom is -0.489 e. The smallest absolute Gasteiger partial charge is 0.326 e. The molecule has 5 amide bonds. The number of carbonyl (C=O) groups is 6. The van der Waals surface area contributed by atoms with Crippen molar-refractivity contribution in [2.45, 2.75) is 160 Å². The van der Waals surface area contributed by atoms with Crippen LogP contribution in [0.5, 0.6) is 5.75 Å². The Kier molecular flexibility index (Phi) is 25.2. The van der Waals surface area contributed by atoms with E-state index in [-0.39, 0.29) is 43.4 Å². The highest BCUT2D eigenvalue weighted by Crippen LogP contribution is 2.18. The van der Waals surface area contributed by atoms with E-state index in [2.05, 4.69) is 21.3 Å². The largest absolute Gasteiger partial charge is 0.489 e. The molecule has 0 bridgehead atoms. The number of carboxylic acid groups (broad SMARTS) is 1. The summed E-state index contributed by atoms with van der Waals surface area (Å²) >= 11 is 0. The van der Waals surface area contributed by atoms with Gasteiger partial charge in [0.1, 0.15) is 36.5 Å². The fraction of sp³-hybridized carbons (Fsp3) is 0.464. The monoisotopic (exact) mass is 946 g/mol. The Morgan fingerprint density at radius 1 is 0.493 bits per heavy atom. The number of aliphatic carboxylic acids is 1. The Balaban J connectivity index is 1.10. The molecule has 13 heteroatoms. The van der Waals surface area contributed by atoms with Crippen LogP contribution in [-0.2, 0) is 54.6 Å². The van der Waals surface area contributed by atoms with Gasteiger partial charge in [0.05, 0.1) is 0 Å². The zero-order chi connectivity index (χ0) is 49.6. The first-order chi connectivity index (χ1) is 33.4. The van der Waals surface area contributed by atoms with Crippen LogP contribution < -0.4 is 31.7 Å². The fourth-order valence-electron chi connectivity index (χ4n) is 8.12. The number of carbonyl (C=O) groups excluding carboxylic acids is 5. The molecule has 0 radical (unpaired) electrons. The van der Waals surface area contributed by atoms with E-state index in [1.165, 1.54) is 0 Å². The van der Waals surface area contributed by atoms with E-state index < -0.39 is 47.9 Å². The number of hydrogen-bond acceptors (Lipinski definition) is 7. The van der Waals surface area contributed by atoms with Gasteiger partial charge in [0, 0.05) is 32.1 Å². The van der Waals surface area contributed by atoms with Gasteiger partial charge in [-0.15, -0.1) is 0 Å². The first-order valence-electron chi connectivity index (χ1n) is 25.0. The van der Waals surface area contributed by atoms with E-state index in [0.717, 1.165) is 92.9 Å². The minimum absolute atomic E-state index is 0.113. The molecule has 0 spiro atoms. The third kappa shape index (κ3) is 22.0. The summed E-state index contributed by atoms with van der Waals surface area (Å²) in [6, 6.07) is 31.9. The average molecular weight is 946 g/mol. The van der Waals surface area contributed by atoms with Gasteiger partial charge in [0.2, 0.25) is 29.5 Å². The van der Waals surface area contributed by atoms with Gasteiger partial charge in [0.25, 0.3) is 0 Å². The molecule has 0 heterocycles. The number of ether oxygens (including phenoxy) is 1. The third-order valence-corrected chi connectivity index (χ3v) is 12.5. The number of nitrogens with one attached hydrogen (secondary N) is 4. The van der Waals surface area contributed by atoms with Crippen molar-refractivity contribution in [3.63, 3.8) is 0 Å². The molecule has 1 unspecified atom stereocenters. The highest BCUT2D eigenvalue weighted by Gasteiger charge is 2.30. The Morgan fingerprint density at radius 3 is 1.36 bits per heavy atom. The Labute approximate surface area is 409 Å². The summed E-state index contributed by atoms with van der Waals surface area (Å²) < 4.78 is 5.92. The summed E-state index contributed by atoms with van der Waals surface area (Å²) in [5, 5.41) is 21.2. The van der Waals surface area contributed by atoms with Gasteiger partial charge < -0.3 is 36.8 Å². The Hall–Kier alpha value is -6.50. The number of nitrogens with two attached hydrogens (primary N) is 1. The summed E-state index contributed by atoms with van der Waals surface area (Å²) in [6.07, 6.45) is 13.9. The molecule has 4 aromatic carbocycles. The Morgan fingerprint density at radius 2 is 0.899 bits per heavy atom. The predicted octanol–water partition coefficient (Wildman–Crippen LogP) is 8.31. The normalized spacial score (nSPS) is 13.2. The van der Waals surface area contributed by atoms with E-state index in [1.54, 1.807) is 0 Å². The summed E-state index contributed by atoms with van der Waals surface area (Å²) in [5.41, 5.74) is 9.11. The molecule has 372 valence electrons. The lowest BCUT2D eigenvalue weighted by molar-refractivity contribution is -0.142. The fourth-order valence-corrected chi connectivity index (χ4v) is 8.12. The molecule has 4 rings (SSSR count). The van der Waals surface area contributed by atoms with E-state index in [4.69, 9.17) is 10.5 Å². The van der Waals surface area contributed by atoms with Crippen molar-refractivity contribution in [1.82, 2.24) is 21.3 Å². The van der Waals surface area contributed by atoms with Crippen LogP contribution in [0.3, 0.4) is 0 Å². The van der Waals surface area contributed by atoms with Gasteiger partial charge >= 0.3 is 5.97 Å². The second-order valence-electron chi connectivity index (χ2n) is 18.2. The van der Waals surface area contributed by atoms with Crippen molar-refractivity contribution in [3.05, 3.63) is 138 Å². The van der Waals surface area contributed by atoms with Crippen molar-refractivity contribution < 1.29 is 38.6 Å². The molecule has 0 aliphatic heterocycles. The molecule has 0 saturated heterocycles. The van der Waals surface area contributed by atoms with E-state index >= 15 is 0 Å². The molecule has 0 saturated carbocycles. The van der Waals surface area contributed by atoms with Crippen LogP contribution in [-0.4, -0.2) is 64.8 Å². The number of primary amides is 1. The molecule has 0 aromatic heterocycles. The maximum atomic E-state index is 13.6. The van der Waals surface area contributed by atoms with Gasteiger partial charge in [-0.2, -0.15) is 0 Å². The van der Waals surface area contributed by atoms with Gasteiger partial charge in [-0.25, -0.2) is 4.79 Å². The quantitative estimate of drug-likeness (QED) is 0.0251. The lowest BCUT2D eigenvalue weighted by Crippen LogP contribution is -2.55. The zero-order valence-corrected chi connectivity index (χ0v) is 40.7. The molecule has 0 aliphatic carbocycles. The standard InChI is InChI=1S/C56H75N5O8/c1-3-41(2)52(55(66)59-47(53(57)64)37-42-25-17-14-18-26-42)61-51(63)32-24-13-11-9-7-5-4-6-8-10-12-23-31-50(62)58-48(54(65)60-49(56(67)68)39-43-27-19-15-20-28-43)38-44-33-35-46(36-34-44)69-40-45-29-21-16-22-30-45/h14-22,25-30,33-36,41,47-49,52H,3-13,23-24,31-32,37-40H2,1-2H3,(H2,57,64)(H,58,62)(H,59,66)(H,60,65)(H,61,63)(H,67,68)/t41?,47-,48-,49-,52-/m0/s1. The molecule has 7 N–H and O–H groups in total. The molecule has 4 aromatic rings.